The SMILES string of the molecule is CC1(C)c2ccccc2-c2cc(-n3c4ccccc4c4c5c6ccccc6n(-c6ccc7ccccc7c6)c5ccc43)ccc21. The molecule has 7 aromatic carbocycles. The van der Waals surface area contributed by atoms with Crippen molar-refractivity contribution in [2.24, 2.45) is 0 Å². The van der Waals surface area contributed by atoms with Crippen molar-refractivity contribution in [1.82, 2.24) is 9.13 Å². The van der Waals surface area contributed by atoms with Crippen molar-refractivity contribution >= 4 is 54.4 Å². The van der Waals surface area contributed by atoms with Gasteiger partial charge in [0.1, 0.15) is 0 Å². The quantitative estimate of drug-likeness (QED) is 0.194. The maximum atomic E-state index is 2.47. The smallest absolute Gasteiger partial charge is 0.0548 e. The second kappa shape index (κ2) is 8.74. The van der Waals surface area contributed by atoms with E-state index in [1.165, 1.54) is 88.0 Å². The Hall–Kier alpha value is -5.60. The van der Waals surface area contributed by atoms with E-state index in [1.807, 2.05) is 0 Å². The predicted octanol–water partition coefficient (Wildman–Crippen LogP) is 11.3. The number of hydrogen-bond donors (Lipinski definition) is 0. The molecule has 1 aliphatic carbocycles. The van der Waals surface area contributed by atoms with Gasteiger partial charge in [-0.1, -0.05) is 111 Å². The molecule has 0 atom stereocenters. The highest BCUT2D eigenvalue weighted by Crippen LogP contribution is 2.50. The zero-order valence-corrected chi connectivity index (χ0v) is 25.3. The first kappa shape index (κ1) is 24.8. The highest BCUT2D eigenvalue weighted by molar-refractivity contribution is 6.29. The van der Waals surface area contributed by atoms with Gasteiger partial charge in [0.25, 0.3) is 0 Å². The Bertz CT molecular complexity index is 2680. The molecular weight excluding hydrogens is 544 g/mol. The van der Waals surface area contributed by atoms with Crippen molar-refractivity contribution in [3.8, 4) is 22.5 Å². The summed E-state index contributed by atoms with van der Waals surface area (Å²) in [6.45, 7) is 4.69. The van der Waals surface area contributed by atoms with Crippen LogP contribution < -0.4 is 0 Å². The highest BCUT2D eigenvalue weighted by atomic mass is 15.0. The van der Waals surface area contributed by atoms with Gasteiger partial charge < -0.3 is 9.13 Å². The Balaban J connectivity index is 1.30. The van der Waals surface area contributed by atoms with E-state index in [4.69, 9.17) is 0 Å². The van der Waals surface area contributed by atoms with Gasteiger partial charge in [0.2, 0.25) is 0 Å². The van der Waals surface area contributed by atoms with Crippen molar-refractivity contribution in [2.45, 2.75) is 19.3 Å². The van der Waals surface area contributed by atoms with Gasteiger partial charge >= 0.3 is 0 Å². The lowest BCUT2D eigenvalue weighted by Crippen LogP contribution is -2.14. The second-order valence-electron chi connectivity index (χ2n) is 13.0. The molecule has 0 saturated carbocycles. The Morgan fingerprint density at radius 1 is 0.400 bits per heavy atom. The summed E-state index contributed by atoms with van der Waals surface area (Å²) < 4.78 is 4.91. The molecule has 0 unspecified atom stereocenters. The molecule has 9 aromatic rings. The summed E-state index contributed by atoms with van der Waals surface area (Å²) in [7, 11) is 0. The van der Waals surface area contributed by atoms with Gasteiger partial charge in [-0.05, 0) is 81.6 Å². The first-order valence-corrected chi connectivity index (χ1v) is 15.8. The van der Waals surface area contributed by atoms with Crippen molar-refractivity contribution in [1.29, 1.82) is 0 Å². The van der Waals surface area contributed by atoms with Crippen LogP contribution >= 0.6 is 0 Å². The van der Waals surface area contributed by atoms with Crippen LogP contribution in [-0.2, 0) is 5.41 Å². The number of hydrogen-bond acceptors (Lipinski definition) is 0. The fraction of sp³-hybridized carbons (Fsp3) is 0.0698. The van der Waals surface area contributed by atoms with Gasteiger partial charge in [-0.2, -0.15) is 0 Å². The van der Waals surface area contributed by atoms with E-state index in [0.29, 0.717) is 0 Å². The van der Waals surface area contributed by atoms with Crippen molar-refractivity contribution in [2.75, 3.05) is 0 Å². The fourth-order valence-electron chi connectivity index (χ4n) is 8.24. The van der Waals surface area contributed by atoms with E-state index in [9.17, 15) is 0 Å². The Kier molecular flexibility index (Phi) is 4.82. The lowest BCUT2D eigenvalue weighted by atomic mass is 9.82. The lowest BCUT2D eigenvalue weighted by molar-refractivity contribution is 0.660. The van der Waals surface area contributed by atoms with Crippen molar-refractivity contribution < 1.29 is 0 Å². The summed E-state index contributed by atoms with van der Waals surface area (Å²) >= 11 is 0. The summed E-state index contributed by atoms with van der Waals surface area (Å²) in [6.07, 6.45) is 0. The Labute approximate surface area is 261 Å². The number of benzene rings is 7. The number of fused-ring (bicyclic) bond motifs is 11. The fourth-order valence-corrected chi connectivity index (χ4v) is 8.24. The molecule has 0 radical (unpaired) electrons. The zero-order chi connectivity index (χ0) is 29.9. The summed E-state index contributed by atoms with van der Waals surface area (Å²) in [5, 5.41) is 7.67. The summed E-state index contributed by atoms with van der Waals surface area (Å²) in [4.78, 5) is 0. The molecule has 1 aliphatic rings. The van der Waals surface area contributed by atoms with Crippen LogP contribution in [0.25, 0.3) is 76.9 Å². The maximum absolute atomic E-state index is 2.47. The Morgan fingerprint density at radius 3 is 1.64 bits per heavy atom. The normalized spacial score (nSPS) is 13.7. The van der Waals surface area contributed by atoms with Crippen LogP contribution in [0.3, 0.4) is 0 Å². The first-order valence-electron chi connectivity index (χ1n) is 15.8. The molecule has 2 heterocycles. The monoisotopic (exact) mass is 574 g/mol. The number of aromatic nitrogens is 2. The van der Waals surface area contributed by atoms with Gasteiger partial charge in [0.05, 0.1) is 22.1 Å². The molecule has 0 bridgehead atoms. The molecule has 0 aliphatic heterocycles. The third kappa shape index (κ3) is 3.24. The van der Waals surface area contributed by atoms with E-state index < -0.39 is 0 Å². The molecule has 2 nitrogen and oxygen atoms in total. The average molecular weight is 575 g/mol. The standard InChI is InChI=1S/C43H30N2/c1-43(2)35-16-8-5-13-31(35)34-26-30(21-22-36(34)43)45-38-18-10-7-15-33(38)42-40(45)24-23-39-41(42)32-14-6-9-17-37(32)44(39)29-20-19-27-11-3-4-12-28(27)25-29/h3-26H,1-2H3. The van der Waals surface area contributed by atoms with Crippen LogP contribution in [-0.4, -0.2) is 9.13 Å². The predicted molar refractivity (Wildman–Crippen MR) is 190 cm³/mol. The topological polar surface area (TPSA) is 9.86 Å². The van der Waals surface area contributed by atoms with Gasteiger partial charge in [0.15, 0.2) is 0 Å². The van der Waals surface area contributed by atoms with Crippen LogP contribution in [0.1, 0.15) is 25.0 Å². The number of para-hydroxylation sites is 2. The number of rotatable bonds is 2. The lowest BCUT2D eigenvalue weighted by Gasteiger charge is -2.21. The molecule has 0 fully saturated rings. The Morgan fingerprint density at radius 2 is 0.933 bits per heavy atom. The molecule has 10 rings (SSSR count). The van der Waals surface area contributed by atoms with E-state index in [0.717, 1.165) is 0 Å². The highest BCUT2D eigenvalue weighted by Gasteiger charge is 2.35. The summed E-state index contributed by atoms with van der Waals surface area (Å²) in [5.74, 6) is 0. The second-order valence-corrected chi connectivity index (χ2v) is 13.0. The number of nitrogens with zero attached hydrogens (tertiary/aromatic N) is 2. The molecule has 45 heavy (non-hydrogen) atoms. The van der Waals surface area contributed by atoms with Crippen molar-refractivity contribution in [3.63, 3.8) is 0 Å². The van der Waals surface area contributed by atoms with E-state index in [2.05, 4.69) is 169 Å². The molecular formula is C43H30N2. The van der Waals surface area contributed by atoms with E-state index in [-0.39, 0.29) is 5.41 Å². The molecule has 0 saturated heterocycles. The molecule has 0 amide bonds. The third-order valence-electron chi connectivity index (χ3n) is 10.3. The van der Waals surface area contributed by atoms with Crippen LogP contribution in [0.5, 0.6) is 0 Å². The third-order valence-corrected chi connectivity index (χ3v) is 10.3. The van der Waals surface area contributed by atoms with Crippen LogP contribution in [0.15, 0.2) is 146 Å². The van der Waals surface area contributed by atoms with Gasteiger partial charge in [-0.15, -0.1) is 0 Å². The molecule has 0 spiro atoms. The molecule has 2 aromatic heterocycles. The van der Waals surface area contributed by atoms with Crippen LogP contribution in [0.2, 0.25) is 0 Å². The molecule has 2 heteroatoms. The maximum Gasteiger partial charge on any atom is 0.0548 e. The summed E-state index contributed by atoms with van der Waals surface area (Å²) in [6, 6.07) is 53.9. The first-order chi connectivity index (χ1) is 22.1. The minimum atomic E-state index is -0.0119. The van der Waals surface area contributed by atoms with Gasteiger partial charge in [-0.3, -0.25) is 0 Å². The largest absolute Gasteiger partial charge is 0.309 e. The van der Waals surface area contributed by atoms with Crippen LogP contribution in [0, 0.1) is 0 Å². The minimum Gasteiger partial charge on any atom is -0.309 e. The minimum absolute atomic E-state index is 0.0119. The van der Waals surface area contributed by atoms with E-state index in [1.54, 1.807) is 0 Å². The van der Waals surface area contributed by atoms with Gasteiger partial charge in [-0.25, -0.2) is 0 Å². The molecule has 0 N–H and O–H groups in total. The average Bonchev–Trinajstić information content (AvgIpc) is 3.68. The van der Waals surface area contributed by atoms with Gasteiger partial charge in [0, 0.05) is 38.3 Å². The molecule has 212 valence electrons. The van der Waals surface area contributed by atoms with E-state index >= 15 is 0 Å². The zero-order valence-electron chi connectivity index (χ0n) is 25.3. The van der Waals surface area contributed by atoms with Crippen LogP contribution in [0.4, 0.5) is 0 Å². The summed E-state index contributed by atoms with van der Waals surface area (Å²) in [5.41, 5.74) is 12.8. The van der Waals surface area contributed by atoms with Crippen molar-refractivity contribution in [3.05, 3.63) is 157 Å².